The van der Waals surface area contributed by atoms with E-state index in [4.69, 9.17) is 70.9 Å². The van der Waals surface area contributed by atoms with E-state index in [1.54, 1.807) is 24.3 Å². The number of aliphatic hydroxyl groups is 1. The predicted octanol–water partition coefficient (Wildman–Crippen LogP) is 4.79. The molecule has 6 atom stereocenters. The van der Waals surface area contributed by atoms with Crippen molar-refractivity contribution >= 4 is 58.2 Å². The Kier molecular flexibility index (Phi) is 8.04. The predicted molar refractivity (Wildman–Crippen MR) is 135 cm³/mol. The first kappa shape index (κ1) is 27.4. The van der Waals surface area contributed by atoms with E-state index in [0.717, 1.165) is 4.90 Å². The van der Waals surface area contributed by atoms with Crippen molar-refractivity contribution < 1.29 is 33.6 Å². The number of rotatable bonds is 6. The molecule has 3 aliphatic heterocycles. The molecule has 0 saturated carbocycles. The number of azide groups is 1. The molecule has 1 N–H and O–H groups in total. The summed E-state index contributed by atoms with van der Waals surface area (Å²) >= 11 is 24.8. The Morgan fingerprint density at radius 1 is 1.03 bits per heavy atom. The molecule has 15 heteroatoms. The summed E-state index contributed by atoms with van der Waals surface area (Å²) in [4.78, 5) is 30.5. The second-order valence-corrected chi connectivity index (χ2v) is 10.0. The Labute approximate surface area is 235 Å². The average Bonchev–Trinajstić information content (AvgIpc) is 3.19. The zero-order chi connectivity index (χ0) is 27.1. The maximum atomic E-state index is 13.6. The lowest BCUT2D eigenvalue weighted by Crippen LogP contribution is -2.67. The highest BCUT2D eigenvalue weighted by Crippen LogP contribution is 2.46. The maximum Gasteiger partial charge on any atom is 0.263 e. The van der Waals surface area contributed by atoms with E-state index in [1.807, 2.05) is 6.07 Å². The summed E-state index contributed by atoms with van der Waals surface area (Å²) in [5, 5.41) is 14.0. The summed E-state index contributed by atoms with van der Waals surface area (Å²) in [6, 6.07) is 7.62. The van der Waals surface area contributed by atoms with Gasteiger partial charge >= 0.3 is 0 Å². The lowest BCUT2D eigenvalue weighted by atomic mass is 9.94. The Morgan fingerprint density at radius 2 is 1.66 bits per heavy atom. The number of amides is 2. The van der Waals surface area contributed by atoms with Crippen LogP contribution < -0.4 is 0 Å². The van der Waals surface area contributed by atoms with Gasteiger partial charge in [-0.15, -0.1) is 0 Å². The van der Waals surface area contributed by atoms with Crippen LogP contribution >= 0.6 is 46.4 Å². The Morgan fingerprint density at radius 3 is 2.26 bits per heavy atom. The molecule has 3 aliphatic rings. The van der Waals surface area contributed by atoms with Crippen molar-refractivity contribution in [2.75, 3.05) is 19.8 Å². The van der Waals surface area contributed by atoms with E-state index < -0.39 is 48.7 Å². The zero-order valence-electron chi connectivity index (χ0n) is 19.2. The van der Waals surface area contributed by atoms with Gasteiger partial charge < -0.3 is 24.1 Å². The smallest absolute Gasteiger partial charge is 0.263 e. The molecule has 11 nitrogen and oxygen atoms in total. The van der Waals surface area contributed by atoms with Gasteiger partial charge in [0.2, 0.25) is 0 Å². The summed E-state index contributed by atoms with van der Waals surface area (Å²) in [5.74, 6) is -1.76. The third-order valence-corrected chi connectivity index (χ3v) is 8.17. The molecule has 2 fully saturated rings. The molecule has 5 rings (SSSR count). The molecular weight excluding hydrogens is 586 g/mol. The average molecular weight is 604 g/mol. The van der Waals surface area contributed by atoms with Crippen LogP contribution in [0.1, 0.15) is 32.6 Å². The summed E-state index contributed by atoms with van der Waals surface area (Å²) in [6.45, 7) is -0.178. The summed E-state index contributed by atoms with van der Waals surface area (Å²) < 4.78 is 23.6. The van der Waals surface area contributed by atoms with Crippen molar-refractivity contribution in [3.8, 4) is 0 Å². The fraction of sp³-hybridized carbons (Fsp3) is 0.391. The molecule has 1 unspecified atom stereocenters. The van der Waals surface area contributed by atoms with Gasteiger partial charge in [-0.3, -0.25) is 14.5 Å². The Bertz CT molecular complexity index is 1280. The maximum absolute atomic E-state index is 13.6. The lowest BCUT2D eigenvalue weighted by molar-refractivity contribution is -0.348. The first-order chi connectivity index (χ1) is 18.3. The molecule has 2 aromatic rings. The summed E-state index contributed by atoms with van der Waals surface area (Å²) in [5.41, 5.74) is 8.75. The van der Waals surface area contributed by atoms with Gasteiger partial charge in [0.05, 0.1) is 44.4 Å². The number of halogens is 4. The quantitative estimate of drug-likeness (QED) is 0.0950. The number of aliphatic hydroxyl groups excluding tert-OH is 1. The highest BCUT2D eigenvalue weighted by Gasteiger charge is 2.57. The molecular formula is C23H18Cl4N4O7. The number of fused-ring (bicyclic) bond motifs is 2. The number of hydrogen-bond acceptors (Lipinski definition) is 8. The molecule has 200 valence electrons. The first-order valence-electron chi connectivity index (χ1n) is 11.3. The van der Waals surface area contributed by atoms with Crippen LogP contribution in [0.25, 0.3) is 10.4 Å². The minimum Gasteiger partial charge on any atom is -0.388 e. The fourth-order valence-electron chi connectivity index (χ4n) is 4.66. The van der Waals surface area contributed by atoms with Crippen LogP contribution in [0.15, 0.2) is 35.4 Å². The first-order valence-corrected chi connectivity index (χ1v) is 12.8. The highest BCUT2D eigenvalue weighted by molar-refractivity contribution is 6.55. The van der Waals surface area contributed by atoms with Crippen LogP contribution in [-0.4, -0.2) is 72.2 Å². The highest BCUT2D eigenvalue weighted by atomic mass is 35.5. The molecule has 0 aromatic heterocycles. The number of hydrogen-bond donors (Lipinski definition) is 1. The SMILES string of the molecule is [N-]=[N+]=NCCO[C@@H]1O[C@@H]2COC(c3ccccc3)O[C@H]2[C@H](O)[C@H]1N1C(=O)c2c(Cl)c(Cl)c(Cl)c(Cl)c2C1=O. The fourth-order valence-corrected chi connectivity index (χ4v) is 5.68. The molecule has 2 saturated heterocycles. The van der Waals surface area contributed by atoms with Crippen LogP contribution in [0.5, 0.6) is 0 Å². The molecule has 2 amide bonds. The standard InChI is InChI=1S/C23H18Cl4N4O7/c24-13-11-12(14(25)16(27)15(13)26)21(34)31(20(11)33)17-18(32)19-10(37-23(17)35-7-6-29-30-28)8-36-22(38-19)9-4-2-1-3-5-9/h1-5,10,17-19,22-23,32H,6-8H2/t10-,17-,18-,19-,22?,23-/m1/s1. The normalized spacial score (nSPS) is 28.6. The van der Waals surface area contributed by atoms with Crippen molar-refractivity contribution in [3.05, 3.63) is 77.6 Å². The van der Waals surface area contributed by atoms with Crippen molar-refractivity contribution in [2.45, 2.75) is 36.9 Å². The topological polar surface area (TPSA) is 143 Å². The number of benzene rings is 2. The van der Waals surface area contributed by atoms with Gasteiger partial charge in [-0.1, -0.05) is 81.8 Å². The van der Waals surface area contributed by atoms with E-state index in [1.165, 1.54) is 0 Å². The largest absolute Gasteiger partial charge is 0.388 e. The molecule has 0 radical (unpaired) electrons. The van der Waals surface area contributed by atoms with Gasteiger partial charge in [-0.25, -0.2) is 0 Å². The van der Waals surface area contributed by atoms with E-state index in [9.17, 15) is 14.7 Å². The minimum atomic E-state index is -1.49. The molecule has 38 heavy (non-hydrogen) atoms. The molecule has 0 bridgehead atoms. The summed E-state index contributed by atoms with van der Waals surface area (Å²) in [6.07, 6.45) is -5.48. The van der Waals surface area contributed by atoms with Crippen LogP contribution in [0.4, 0.5) is 0 Å². The second kappa shape index (κ2) is 11.1. The van der Waals surface area contributed by atoms with Gasteiger partial charge in [0.1, 0.15) is 24.4 Å². The van der Waals surface area contributed by atoms with E-state index in [2.05, 4.69) is 10.0 Å². The van der Waals surface area contributed by atoms with Gasteiger partial charge in [-0.05, 0) is 5.53 Å². The van der Waals surface area contributed by atoms with Crippen molar-refractivity contribution in [2.24, 2.45) is 5.11 Å². The molecule has 0 spiro atoms. The third kappa shape index (κ3) is 4.63. The van der Waals surface area contributed by atoms with E-state index in [-0.39, 0.29) is 51.0 Å². The number of carbonyl (C=O) groups is 2. The van der Waals surface area contributed by atoms with Crippen LogP contribution in [0.2, 0.25) is 20.1 Å². The van der Waals surface area contributed by atoms with Gasteiger partial charge in [-0.2, -0.15) is 0 Å². The zero-order valence-corrected chi connectivity index (χ0v) is 22.2. The van der Waals surface area contributed by atoms with Crippen LogP contribution in [0, 0.1) is 0 Å². The third-order valence-electron chi connectivity index (χ3n) is 6.37. The van der Waals surface area contributed by atoms with E-state index in [0.29, 0.717) is 5.56 Å². The van der Waals surface area contributed by atoms with Crippen LogP contribution in [-0.2, 0) is 18.9 Å². The Balaban J connectivity index is 1.50. The van der Waals surface area contributed by atoms with Gasteiger partial charge in [0, 0.05) is 17.0 Å². The van der Waals surface area contributed by atoms with Crippen molar-refractivity contribution in [1.82, 2.24) is 4.90 Å². The molecule has 3 heterocycles. The lowest BCUT2D eigenvalue weighted by Gasteiger charge is -2.49. The number of carbonyl (C=O) groups excluding carboxylic acids is 2. The molecule has 2 aromatic carbocycles. The molecule has 0 aliphatic carbocycles. The second-order valence-electron chi connectivity index (χ2n) is 8.51. The number of ether oxygens (including phenoxy) is 4. The number of imide groups is 1. The van der Waals surface area contributed by atoms with E-state index >= 15 is 0 Å². The van der Waals surface area contributed by atoms with Crippen LogP contribution in [0.3, 0.4) is 0 Å². The van der Waals surface area contributed by atoms with Crippen molar-refractivity contribution in [3.63, 3.8) is 0 Å². The summed E-state index contributed by atoms with van der Waals surface area (Å²) in [7, 11) is 0. The van der Waals surface area contributed by atoms with Gasteiger partial charge in [0.15, 0.2) is 12.6 Å². The Hall–Kier alpha value is -2.15. The van der Waals surface area contributed by atoms with Crippen molar-refractivity contribution in [1.29, 1.82) is 0 Å². The van der Waals surface area contributed by atoms with Gasteiger partial charge in [0.25, 0.3) is 11.8 Å². The minimum absolute atomic E-state index is 0.0230. The number of nitrogens with zero attached hydrogens (tertiary/aromatic N) is 4. The monoisotopic (exact) mass is 602 g/mol.